The molecule has 6 heteroatoms. The van der Waals surface area contributed by atoms with Crippen molar-refractivity contribution in [3.63, 3.8) is 0 Å². The number of unbranched alkanes of at least 4 members (excludes halogenated alkanes) is 65. The van der Waals surface area contributed by atoms with Crippen LogP contribution < -0.4 is 5.32 Å². The number of hydrogen-bond donors (Lipinski definition) is 3. The zero-order valence-corrected chi connectivity index (χ0v) is 62.1. The van der Waals surface area contributed by atoms with Crippen molar-refractivity contribution in [2.24, 2.45) is 0 Å². The molecule has 0 aliphatic carbocycles. The highest BCUT2D eigenvalue weighted by Crippen LogP contribution is 2.21. The molecule has 0 bridgehead atoms. The van der Waals surface area contributed by atoms with Gasteiger partial charge in [-0.1, -0.05) is 436 Å². The topological polar surface area (TPSA) is 95.9 Å². The normalized spacial score (nSPS) is 12.5. The zero-order valence-electron chi connectivity index (χ0n) is 62.1. The Balaban J connectivity index is 3.35. The van der Waals surface area contributed by atoms with Crippen molar-refractivity contribution in [1.82, 2.24) is 5.32 Å². The summed E-state index contributed by atoms with van der Waals surface area (Å²) in [6, 6.07) is -0.540. The van der Waals surface area contributed by atoms with Crippen molar-refractivity contribution in [2.45, 2.75) is 495 Å². The Morgan fingerprint density at radius 2 is 0.549 bits per heavy atom. The summed E-state index contributed by atoms with van der Waals surface area (Å²) < 4.78 is 5.51. The maximum atomic E-state index is 12.6. The van der Waals surface area contributed by atoms with E-state index >= 15 is 0 Å². The molecule has 91 heavy (non-hydrogen) atoms. The van der Waals surface area contributed by atoms with Crippen LogP contribution >= 0.6 is 0 Å². The van der Waals surface area contributed by atoms with Gasteiger partial charge < -0.3 is 20.3 Å². The number of hydrogen-bond acceptors (Lipinski definition) is 5. The predicted octanol–water partition coefficient (Wildman–Crippen LogP) is 28.0. The molecule has 2 unspecified atom stereocenters. The highest BCUT2D eigenvalue weighted by atomic mass is 16.5. The van der Waals surface area contributed by atoms with E-state index in [9.17, 15) is 19.8 Å². The monoisotopic (exact) mass is 1280 g/mol. The Morgan fingerprint density at radius 1 is 0.308 bits per heavy atom. The maximum absolute atomic E-state index is 12.6. The first kappa shape index (κ1) is 89.3. The lowest BCUT2D eigenvalue weighted by atomic mass is 10.0. The molecule has 0 saturated heterocycles. The summed E-state index contributed by atoms with van der Waals surface area (Å²) in [4.78, 5) is 24.7. The number of amides is 1. The van der Waals surface area contributed by atoms with Gasteiger partial charge in [-0.3, -0.25) is 9.59 Å². The van der Waals surface area contributed by atoms with Crippen molar-refractivity contribution in [2.75, 3.05) is 13.2 Å². The van der Waals surface area contributed by atoms with E-state index in [4.69, 9.17) is 4.74 Å². The first-order chi connectivity index (χ1) is 45.0. The number of esters is 1. The summed E-state index contributed by atoms with van der Waals surface area (Å²) in [6.45, 7) is 5.02. The molecule has 0 aliphatic heterocycles. The van der Waals surface area contributed by atoms with Crippen molar-refractivity contribution in [3.05, 3.63) is 24.3 Å². The Labute approximate surface area is 571 Å². The number of carbonyl (C=O) groups excluding carboxylic acids is 2. The Morgan fingerprint density at radius 3 is 0.835 bits per heavy atom. The highest BCUT2D eigenvalue weighted by Gasteiger charge is 2.20. The largest absolute Gasteiger partial charge is 0.466 e. The molecule has 0 rings (SSSR count). The number of nitrogens with one attached hydrogen (secondary N) is 1. The lowest BCUT2D eigenvalue weighted by molar-refractivity contribution is -0.143. The van der Waals surface area contributed by atoms with Gasteiger partial charge in [0.1, 0.15) is 0 Å². The molecule has 0 radical (unpaired) electrons. The van der Waals surface area contributed by atoms with Crippen LogP contribution in [-0.2, 0) is 14.3 Å². The molecule has 3 N–H and O–H groups in total. The fraction of sp³-hybridized carbons (Fsp3) is 0.929. The van der Waals surface area contributed by atoms with Gasteiger partial charge in [0.2, 0.25) is 5.91 Å². The number of aliphatic hydroxyl groups excluding tert-OH is 2. The maximum Gasteiger partial charge on any atom is 0.305 e. The summed E-state index contributed by atoms with van der Waals surface area (Å²) in [5.41, 5.74) is 0. The number of rotatable bonds is 80. The molecule has 540 valence electrons. The quantitative estimate of drug-likeness (QED) is 0.0320. The zero-order chi connectivity index (χ0) is 65.6. The summed E-state index contributed by atoms with van der Waals surface area (Å²) >= 11 is 0. The van der Waals surface area contributed by atoms with Crippen LogP contribution in [0.5, 0.6) is 0 Å². The highest BCUT2D eigenvalue weighted by molar-refractivity contribution is 5.76. The summed E-state index contributed by atoms with van der Waals surface area (Å²) in [6.07, 6.45) is 104. The summed E-state index contributed by atoms with van der Waals surface area (Å²) in [7, 11) is 0. The van der Waals surface area contributed by atoms with E-state index in [1.807, 2.05) is 0 Å². The van der Waals surface area contributed by atoms with Gasteiger partial charge in [0.25, 0.3) is 0 Å². The minimum Gasteiger partial charge on any atom is -0.466 e. The smallest absolute Gasteiger partial charge is 0.305 e. The number of aliphatic hydroxyl groups is 2. The lowest BCUT2D eigenvalue weighted by Crippen LogP contribution is -2.45. The van der Waals surface area contributed by atoms with Crippen molar-refractivity contribution in [1.29, 1.82) is 0 Å². The molecule has 0 aromatic rings. The van der Waals surface area contributed by atoms with E-state index in [-0.39, 0.29) is 18.5 Å². The van der Waals surface area contributed by atoms with Gasteiger partial charge in [0.15, 0.2) is 0 Å². The van der Waals surface area contributed by atoms with Crippen LogP contribution in [0.2, 0.25) is 0 Å². The second-order valence-corrected chi connectivity index (χ2v) is 29.2. The molecule has 1 amide bonds. The fourth-order valence-corrected chi connectivity index (χ4v) is 13.6. The second-order valence-electron chi connectivity index (χ2n) is 29.2. The van der Waals surface area contributed by atoms with E-state index in [1.165, 1.54) is 405 Å². The minimum atomic E-state index is -0.663. The van der Waals surface area contributed by atoms with Crippen LogP contribution in [0, 0.1) is 0 Å². The number of allylic oxidation sites excluding steroid dienone is 4. The standard InChI is InChI=1S/C85H165NO5/c1-3-5-7-9-11-13-15-17-19-21-22-40-43-46-49-53-57-61-65-69-73-77-83(88)82(81-87)86-84(89)78-74-70-66-62-58-54-50-47-44-41-38-36-34-32-30-28-26-24-23-25-27-29-31-33-35-37-39-42-45-48-52-56-60-64-68-72-76-80-91-85(90)79-75-71-67-63-59-55-51-20-18-16-14-12-10-8-6-4-2/h23,25,29,31,82-83,87-88H,3-22,24,26-28,30,32-81H2,1-2H3,(H,86,89)/b25-23-,31-29-. The number of carbonyl (C=O) groups is 2. The third-order valence-electron chi connectivity index (χ3n) is 20.0. The van der Waals surface area contributed by atoms with Gasteiger partial charge in [0, 0.05) is 12.8 Å². The van der Waals surface area contributed by atoms with Gasteiger partial charge in [-0.25, -0.2) is 0 Å². The first-order valence-corrected chi connectivity index (χ1v) is 42.1. The van der Waals surface area contributed by atoms with Crippen molar-refractivity contribution >= 4 is 11.9 Å². The molecule has 0 aliphatic rings. The average Bonchev–Trinajstić information content (AvgIpc) is 3.57. The summed E-state index contributed by atoms with van der Waals surface area (Å²) in [5.74, 6) is -0.00327. The third kappa shape index (κ3) is 77.2. The molecule has 0 saturated carbocycles. The molecule has 0 heterocycles. The van der Waals surface area contributed by atoms with E-state index in [1.54, 1.807) is 0 Å². The third-order valence-corrected chi connectivity index (χ3v) is 20.0. The van der Waals surface area contributed by atoms with Crippen LogP contribution in [-0.4, -0.2) is 47.4 Å². The minimum absolute atomic E-state index is 0.0234. The van der Waals surface area contributed by atoms with E-state index in [0.717, 1.165) is 44.9 Å². The Kier molecular flexibility index (Phi) is 79.3. The molecule has 2 atom stereocenters. The van der Waals surface area contributed by atoms with E-state index < -0.39 is 12.1 Å². The Bertz CT molecular complexity index is 1430. The number of ether oxygens (including phenoxy) is 1. The van der Waals surface area contributed by atoms with Crippen molar-refractivity contribution in [3.8, 4) is 0 Å². The van der Waals surface area contributed by atoms with Crippen LogP contribution in [0.15, 0.2) is 24.3 Å². The predicted molar refractivity (Wildman–Crippen MR) is 403 cm³/mol. The molecule has 0 aromatic carbocycles. The van der Waals surface area contributed by atoms with E-state index in [2.05, 4.69) is 43.5 Å². The van der Waals surface area contributed by atoms with Crippen LogP contribution in [0.3, 0.4) is 0 Å². The SMILES string of the molecule is CCCCCCCCCCCCCCCCCCCCCCCC(O)C(CO)NC(=O)CCCCCCCCCCCCCCCCCCC/C=C\C/C=C\CCCCCCCCCCCCCCCOC(=O)CCCCCCCCCCCCCCCCCC. The first-order valence-electron chi connectivity index (χ1n) is 42.1. The van der Waals surface area contributed by atoms with Gasteiger partial charge in [-0.2, -0.15) is 0 Å². The van der Waals surface area contributed by atoms with Gasteiger partial charge in [-0.05, 0) is 57.8 Å². The molecular formula is C85H165NO5. The molecule has 0 aromatic heterocycles. The van der Waals surface area contributed by atoms with Crippen LogP contribution in [0.4, 0.5) is 0 Å². The Hall–Kier alpha value is -1.66. The van der Waals surface area contributed by atoms with E-state index in [0.29, 0.717) is 25.9 Å². The van der Waals surface area contributed by atoms with Crippen molar-refractivity contribution < 1.29 is 24.5 Å². The lowest BCUT2D eigenvalue weighted by Gasteiger charge is -2.22. The van der Waals surface area contributed by atoms with Gasteiger partial charge >= 0.3 is 5.97 Å². The molecule has 0 fully saturated rings. The van der Waals surface area contributed by atoms with Gasteiger partial charge in [0.05, 0.1) is 25.4 Å². The molecule has 6 nitrogen and oxygen atoms in total. The molecular weight excluding hydrogens is 1110 g/mol. The fourth-order valence-electron chi connectivity index (χ4n) is 13.6. The summed E-state index contributed by atoms with van der Waals surface area (Å²) in [5, 5.41) is 23.5. The molecule has 0 spiro atoms. The van der Waals surface area contributed by atoms with Crippen LogP contribution in [0.1, 0.15) is 483 Å². The second kappa shape index (κ2) is 80.8. The van der Waals surface area contributed by atoms with Gasteiger partial charge in [-0.15, -0.1) is 0 Å². The van der Waals surface area contributed by atoms with Crippen LogP contribution in [0.25, 0.3) is 0 Å². The average molecular weight is 1280 g/mol.